The zero-order valence-electron chi connectivity index (χ0n) is 30.8. The highest BCUT2D eigenvalue weighted by Crippen LogP contribution is 2.39. The molecule has 0 radical (unpaired) electrons. The summed E-state index contributed by atoms with van der Waals surface area (Å²) in [7, 11) is 0. The lowest BCUT2D eigenvalue weighted by molar-refractivity contribution is 0.103. The van der Waals surface area contributed by atoms with Crippen LogP contribution in [0, 0.1) is 0 Å². The number of hydrogen-bond acceptors (Lipinski definition) is 8. The number of carbonyl (C=O) groups is 2. The Hall–Kier alpha value is -5.50. The van der Waals surface area contributed by atoms with Gasteiger partial charge in [0.15, 0.2) is 11.6 Å². The van der Waals surface area contributed by atoms with Crippen molar-refractivity contribution in [2.45, 2.75) is 72.6 Å². The molecule has 0 atom stereocenters. The summed E-state index contributed by atoms with van der Waals surface area (Å²) in [5.41, 5.74) is 3.63. The molecular weight excluding hydrogens is 644 g/mol. The van der Waals surface area contributed by atoms with Crippen LogP contribution in [0.15, 0.2) is 84.9 Å². The molecule has 8 heteroatoms. The Morgan fingerprint density at radius 1 is 0.588 bits per heavy atom. The number of hydrogen-bond donors (Lipinski definition) is 4. The molecular formula is C43H50O8. The Balaban J connectivity index is 0.000000276. The summed E-state index contributed by atoms with van der Waals surface area (Å²) in [5, 5.41) is 39.3. The first-order valence-electron chi connectivity index (χ1n) is 17.0. The van der Waals surface area contributed by atoms with Gasteiger partial charge in [-0.05, 0) is 116 Å². The van der Waals surface area contributed by atoms with Crippen LogP contribution in [0.4, 0.5) is 0 Å². The molecule has 0 saturated heterocycles. The van der Waals surface area contributed by atoms with Crippen LogP contribution in [-0.4, -0.2) is 45.2 Å². The van der Waals surface area contributed by atoms with Gasteiger partial charge in [0.2, 0.25) is 0 Å². The van der Waals surface area contributed by atoms with Gasteiger partial charge in [0.1, 0.15) is 34.5 Å². The predicted octanol–water partition coefficient (Wildman–Crippen LogP) is 9.77. The van der Waals surface area contributed by atoms with Gasteiger partial charge in [0, 0.05) is 45.5 Å². The van der Waals surface area contributed by atoms with Crippen LogP contribution in [0.5, 0.6) is 34.5 Å². The van der Waals surface area contributed by atoms with Crippen molar-refractivity contribution in [3.8, 4) is 34.5 Å². The minimum Gasteiger partial charge on any atom is -0.508 e. The number of carbonyl (C=O) groups excluding carboxylic acids is 2. The Bertz CT molecular complexity index is 1860. The van der Waals surface area contributed by atoms with Crippen molar-refractivity contribution in [1.82, 2.24) is 0 Å². The summed E-state index contributed by atoms with van der Waals surface area (Å²) in [5.74, 6) is 1.34. The van der Waals surface area contributed by atoms with E-state index in [4.69, 9.17) is 9.47 Å². The number of phenolic OH excluding ortho intramolecular Hbond substituents is 4. The van der Waals surface area contributed by atoms with Crippen LogP contribution in [0.25, 0.3) is 12.2 Å². The maximum Gasteiger partial charge on any atom is 0.185 e. The van der Waals surface area contributed by atoms with E-state index in [0.717, 1.165) is 28.7 Å². The van der Waals surface area contributed by atoms with Crippen molar-refractivity contribution in [3.63, 3.8) is 0 Å². The number of benzene rings is 4. The van der Waals surface area contributed by atoms with Gasteiger partial charge in [0.25, 0.3) is 0 Å². The Morgan fingerprint density at radius 3 is 1.31 bits per heavy atom. The van der Waals surface area contributed by atoms with E-state index in [-0.39, 0.29) is 45.4 Å². The van der Waals surface area contributed by atoms with E-state index in [1.54, 1.807) is 48.6 Å². The maximum absolute atomic E-state index is 12.3. The molecule has 0 fully saturated rings. The second-order valence-electron chi connectivity index (χ2n) is 13.7. The largest absolute Gasteiger partial charge is 0.508 e. The van der Waals surface area contributed by atoms with Gasteiger partial charge < -0.3 is 29.9 Å². The van der Waals surface area contributed by atoms with E-state index in [0.29, 0.717) is 35.8 Å². The van der Waals surface area contributed by atoms with E-state index in [1.165, 1.54) is 36.4 Å². The summed E-state index contributed by atoms with van der Waals surface area (Å²) in [6, 6.07) is 19.1. The molecule has 0 unspecified atom stereocenters. The van der Waals surface area contributed by atoms with Gasteiger partial charge >= 0.3 is 0 Å². The molecule has 4 aromatic rings. The molecule has 0 bridgehead atoms. The molecule has 0 heterocycles. The fourth-order valence-corrected chi connectivity index (χ4v) is 5.10. The number of phenols is 4. The first kappa shape index (κ1) is 39.9. The third-order valence-electron chi connectivity index (χ3n) is 8.41. The van der Waals surface area contributed by atoms with Gasteiger partial charge in [-0.3, -0.25) is 9.59 Å². The monoisotopic (exact) mass is 694 g/mol. The predicted molar refractivity (Wildman–Crippen MR) is 204 cm³/mol. The van der Waals surface area contributed by atoms with Gasteiger partial charge in [-0.2, -0.15) is 0 Å². The van der Waals surface area contributed by atoms with Crippen LogP contribution >= 0.6 is 0 Å². The molecule has 0 aliphatic rings. The molecule has 51 heavy (non-hydrogen) atoms. The van der Waals surface area contributed by atoms with E-state index >= 15 is 0 Å². The highest BCUT2D eigenvalue weighted by molar-refractivity contribution is 6.07. The summed E-state index contributed by atoms with van der Waals surface area (Å²) in [4.78, 5) is 24.6. The third kappa shape index (κ3) is 11.0. The fourth-order valence-electron chi connectivity index (χ4n) is 5.10. The lowest BCUT2D eigenvalue weighted by Crippen LogP contribution is -2.16. The van der Waals surface area contributed by atoms with Gasteiger partial charge in [-0.15, -0.1) is 0 Å². The standard InChI is InChI=1S/C22H26O4.C21H24O4/c1-5-22(3,4)18-13-16(21(26-6-2)14-20(18)25)9-12-19(24)15-7-10-17(23)11-8-15;1-5-25-20-13-19(24)17(21(2,3)4)12-15(20)8-11-18(23)14-6-9-16(22)10-7-14/h7-14,23,25H,5-6H2,1-4H3;6-13,22,24H,5H2,1-4H3. The third-order valence-corrected chi connectivity index (χ3v) is 8.41. The molecule has 4 N–H and O–H groups in total. The number of rotatable bonds is 12. The second-order valence-corrected chi connectivity index (χ2v) is 13.7. The molecule has 270 valence electrons. The lowest BCUT2D eigenvalue weighted by atomic mass is 9.81. The maximum atomic E-state index is 12.3. The minimum absolute atomic E-state index is 0.118. The van der Waals surface area contributed by atoms with Crippen LogP contribution in [0.3, 0.4) is 0 Å². The normalized spacial score (nSPS) is 11.7. The van der Waals surface area contributed by atoms with Crippen molar-refractivity contribution in [2.75, 3.05) is 13.2 Å². The van der Waals surface area contributed by atoms with Crippen molar-refractivity contribution < 1.29 is 39.5 Å². The van der Waals surface area contributed by atoms with E-state index in [1.807, 2.05) is 46.8 Å². The van der Waals surface area contributed by atoms with Gasteiger partial charge in [-0.1, -0.05) is 41.5 Å². The number of ketones is 2. The molecule has 0 amide bonds. The van der Waals surface area contributed by atoms with Crippen LogP contribution in [0.1, 0.15) is 105 Å². The molecule has 4 aromatic carbocycles. The number of allylic oxidation sites excluding steroid dienone is 2. The van der Waals surface area contributed by atoms with Gasteiger partial charge in [-0.25, -0.2) is 0 Å². The van der Waals surface area contributed by atoms with Crippen LogP contribution < -0.4 is 9.47 Å². The topological polar surface area (TPSA) is 134 Å². The fraction of sp³-hybridized carbons (Fsp3) is 0.302. The molecule has 0 aliphatic heterocycles. The average molecular weight is 695 g/mol. The molecule has 0 aromatic heterocycles. The van der Waals surface area contributed by atoms with Crippen molar-refractivity contribution >= 4 is 23.7 Å². The number of ether oxygens (including phenoxy) is 2. The first-order chi connectivity index (χ1) is 24.0. The summed E-state index contributed by atoms with van der Waals surface area (Å²) >= 11 is 0. The molecule has 0 aliphatic carbocycles. The highest BCUT2D eigenvalue weighted by Gasteiger charge is 2.24. The van der Waals surface area contributed by atoms with Crippen LogP contribution in [0.2, 0.25) is 0 Å². The van der Waals surface area contributed by atoms with Gasteiger partial charge in [0.05, 0.1) is 13.2 Å². The van der Waals surface area contributed by atoms with Crippen LogP contribution in [-0.2, 0) is 10.8 Å². The van der Waals surface area contributed by atoms with E-state index in [2.05, 4.69) is 20.8 Å². The number of aromatic hydroxyl groups is 4. The first-order valence-corrected chi connectivity index (χ1v) is 17.0. The molecule has 0 saturated carbocycles. The Morgan fingerprint density at radius 2 is 0.961 bits per heavy atom. The van der Waals surface area contributed by atoms with Crippen molar-refractivity contribution in [3.05, 3.63) is 118 Å². The summed E-state index contributed by atoms with van der Waals surface area (Å²) < 4.78 is 11.2. The average Bonchev–Trinajstić information content (AvgIpc) is 3.07. The smallest absolute Gasteiger partial charge is 0.185 e. The Kier molecular flexibility index (Phi) is 13.7. The second kappa shape index (κ2) is 17.4. The Labute approximate surface area is 301 Å². The molecule has 0 spiro atoms. The quantitative estimate of drug-likeness (QED) is 0.0851. The zero-order valence-corrected chi connectivity index (χ0v) is 30.8. The lowest BCUT2D eigenvalue weighted by Gasteiger charge is -2.25. The summed E-state index contributed by atoms with van der Waals surface area (Å²) in [6.07, 6.45) is 7.20. The highest BCUT2D eigenvalue weighted by atomic mass is 16.5. The van der Waals surface area contributed by atoms with Crippen molar-refractivity contribution in [2.24, 2.45) is 0 Å². The minimum atomic E-state index is -0.238. The van der Waals surface area contributed by atoms with E-state index < -0.39 is 0 Å². The molecule has 8 nitrogen and oxygen atoms in total. The molecule has 4 rings (SSSR count). The zero-order chi connectivity index (χ0) is 37.9. The van der Waals surface area contributed by atoms with E-state index in [9.17, 15) is 30.0 Å². The van der Waals surface area contributed by atoms with Crippen molar-refractivity contribution in [1.29, 1.82) is 0 Å². The SMILES string of the molecule is CCOc1cc(O)c(C(C)(C)C)cc1C=CC(=O)c1ccc(O)cc1.CCOc1cc(O)c(C(C)(C)CC)cc1C=CC(=O)c1ccc(O)cc1. The summed E-state index contributed by atoms with van der Waals surface area (Å²) in [6.45, 7) is 16.9.